The van der Waals surface area contributed by atoms with Crippen molar-refractivity contribution in [3.63, 3.8) is 0 Å². The number of fused-ring (bicyclic) bond motifs is 2. The highest BCUT2D eigenvalue weighted by molar-refractivity contribution is 6.13. The van der Waals surface area contributed by atoms with Crippen LogP contribution in [0.1, 0.15) is 11.1 Å². The van der Waals surface area contributed by atoms with Gasteiger partial charge in [-0.1, -0.05) is 202 Å². The van der Waals surface area contributed by atoms with Crippen LogP contribution in [-0.4, -0.2) is 0 Å². The minimum atomic E-state index is 1.08. The summed E-state index contributed by atoms with van der Waals surface area (Å²) < 4.78 is 0. The summed E-state index contributed by atoms with van der Waals surface area (Å²) in [5.74, 6) is 0. The molecule has 0 aliphatic carbocycles. The lowest BCUT2D eigenvalue weighted by Crippen LogP contribution is -1.97. The Labute approximate surface area is 307 Å². The van der Waals surface area contributed by atoms with Crippen molar-refractivity contribution in [1.82, 2.24) is 0 Å². The van der Waals surface area contributed by atoms with Gasteiger partial charge in [0, 0.05) is 0 Å². The summed E-state index contributed by atoms with van der Waals surface area (Å²) in [5, 5.41) is 4.82. The molecule has 0 radical (unpaired) electrons. The van der Waals surface area contributed by atoms with Gasteiger partial charge in [-0.05, 0) is 107 Å². The van der Waals surface area contributed by atoms with Gasteiger partial charge in [0.25, 0.3) is 0 Å². The molecule has 0 nitrogen and oxygen atoms in total. The van der Waals surface area contributed by atoms with Crippen molar-refractivity contribution in [2.75, 3.05) is 0 Å². The van der Waals surface area contributed by atoms with Gasteiger partial charge in [-0.2, -0.15) is 0 Å². The predicted octanol–water partition coefficient (Wildman–Crippen LogP) is 15.0. The average Bonchev–Trinajstić information content (AvgIpc) is 3.23. The Morgan fingerprint density at radius 1 is 0.308 bits per heavy atom. The molecule has 0 aliphatic rings. The van der Waals surface area contributed by atoms with E-state index in [1.54, 1.807) is 12.2 Å². The summed E-state index contributed by atoms with van der Waals surface area (Å²) in [4.78, 5) is 0. The standard InChI is InChI=1S/C48H34.C4H6/c1-3-41-42(4-2)48(40-27-28-43(35-19-10-6-11-20-35)45(32-40)36-21-12-7-13-22-36)46-31-38(33-16-8-5-9-17-33)26-29-44(46)47(41)39-25-24-34-18-14-15-23-37(34)30-39;1-3-4-2/h3-32H,1-2H2;3-4H,1-2H2. The average molecular weight is 665 g/mol. The molecule has 0 N–H and O–H groups in total. The molecule has 0 aliphatic heterocycles. The maximum Gasteiger partial charge on any atom is -0.00261 e. The lowest BCUT2D eigenvalue weighted by molar-refractivity contribution is 1.55. The number of allylic oxidation sites excluding steroid dienone is 2. The van der Waals surface area contributed by atoms with E-state index in [-0.39, 0.29) is 0 Å². The first-order valence-corrected chi connectivity index (χ1v) is 17.6. The molecule has 248 valence electrons. The van der Waals surface area contributed by atoms with Gasteiger partial charge in [0.15, 0.2) is 0 Å². The Bertz CT molecular complexity index is 2550. The topological polar surface area (TPSA) is 0 Å². The van der Waals surface area contributed by atoms with Crippen LogP contribution >= 0.6 is 0 Å². The molecule has 0 fully saturated rings. The molecular weight excluding hydrogens is 625 g/mol. The largest absolute Gasteiger partial charge is 0.0991 e. The number of hydrogen-bond acceptors (Lipinski definition) is 0. The molecule has 8 aromatic rings. The quantitative estimate of drug-likeness (QED) is 0.142. The molecule has 52 heavy (non-hydrogen) atoms. The summed E-state index contributed by atoms with van der Waals surface area (Å²) in [6.07, 6.45) is 7.30. The minimum Gasteiger partial charge on any atom is -0.0991 e. The molecule has 0 saturated carbocycles. The van der Waals surface area contributed by atoms with Crippen molar-refractivity contribution in [3.8, 4) is 55.6 Å². The Balaban J connectivity index is 0.00000100. The van der Waals surface area contributed by atoms with Crippen molar-refractivity contribution >= 4 is 33.7 Å². The Hall–Kier alpha value is -6.76. The van der Waals surface area contributed by atoms with Crippen LogP contribution in [0.2, 0.25) is 0 Å². The van der Waals surface area contributed by atoms with Gasteiger partial charge in [-0.15, -0.1) is 0 Å². The van der Waals surface area contributed by atoms with Gasteiger partial charge in [0.2, 0.25) is 0 Å². The van der Waals surface area contributed by atoms with Crippen LogP contribution in [0.25, 0.3) is 89.3 Å². The SMILES string of the molecule is C=CC=C.C=Cc1c(C=C)c(-c2ccc(-c3ccccc3)c(-c3ccccc3)c2)c2cc(-c3ccccc3)ccc2c1-c1ccc2ccccc2c1. The highest BCUT2D eigenvalue weighted by Gasteiger charge is 2.21. The summed E-state index contributed by atoms with van der Waals surface area (Å²) in [7, 11) is 0. The highest BCUT2D eigenvalue weighted by atomic mass is 14.2. The Kier molecular flexibility index (Phi) is 10.0. The first-order chi connectivity index (χ1) is 25.6. The zero-order valence-corrected chi connectivity index (χ0v) is 29.3. The maximum atomic E-state index is 4.40. The molecule has 0 aromatic heterocycles. The van der Waals surface area contributed by atoms with Crippen LogP contribution in [0.4, 0.5) is 0 Å². The van der Waals surface area contributed by atoms with Crippen molar-refractivity contribution < 1.29 is 0 Å². The molecular formula is C52H40. The Morgan fingerprint density at radius 3 is 1.38 bits per heavy atom. The number of rotatable bonds is 8. The maximum absolute atomic E-state index is 4.40. The second-order valence-electron chi connectivity index (χ2n) is 12.6. The first-order valence-electron chi connectivity index (χ1n) is 17.6. The lowest BCUT2D eigenvalue weighted by Gasteiger charge is -2.22. The third-order valence-corrected chi connectivity index (χ3v) is 9.59. The first kappa shape index (κ1) is 33.7. The van der Waals surface area contributed by atoms with Crippen molar-refractivity contribution in [3.05, 3.63) is 219 Å². The van der Waals surface area contributed by atoms with Crippen molar-refractivity contribution in [2.45, 2.75) is 0 Å². The van der Waals surface area contributed by atoms with Crippen molar-refractivity contribution in [1.29, 1.82) is 0 Å². The molecule has 0 unspecified atom stereocenters. The minimum absolute atomic E-state index is 1.08. The molecule has 0 saturated heterocycles. The van der Waals surface area contributed by atoms with E-state index >= 15 is 0 Å². The van der Waals surface area contributed by atoms with E-state index in [9.17, 15) is 0 Å². The number of hydrogen-bond donors (Lipinski definition) is 0. The van der Waals surface area contributed by atoms with E-state index in [0.717, 1.165) is 22.3 Å². The normalized spacial score (nSPS) is 10.6. The fourth-order valence-corrected chi connectivity index (χ4v) is 7.16. The zero-order valence-electron chi connectivity index (χ0n) is 29.3. The van der Waals surface area contributed by atoms with E-state index in [1.807, 2.05) is 12.2 Å². The molecule has 0 heterocycles. The summed E-state index contributed by atoms with van der Waals surface area (Å²) in [6.45, 7) is 15.5. The van der Waals surface area contributed by atoms with E-state index in [0.29, 0.717) is 0 Å². The second kappa shape index (κ2) is 15.4. The van der Waals surface area contributed by atoms with Gasteiger partial charge < -0.3 is 0 Å². The van der Waals surface area contributed by atoms with Crippen molar-refractivity contribution in [2.24, 2.45) is 0 Å². The predicted molar refractivity (Wildman–Crippen MR) is 229 cm³/mol. The third kappa shape index (κ3) is 6.59. The van der Waals surface area contributed by atoms with E-state index in [4.69, 9.17) is 0 Å². The van der Waals surface area contributed by atoms with E-state index in [1.165, 1.54) is 66.1 Å². The zero-order chi connectivity index (χ0) is 35.9. The van der Waals surface area contributed by atoms with Gasteiger partial charge in [-0.3, -0.25) is 0 Å². The Morgan fingerprint density at radius 2 is 0.788 bits per heavy atom. The fraction of sp³-hybridized carbons (Fsp3) is 0. The molecule has 8 aromatic carbocycles. The highest BCUT2D eigenvalue weighted by Crippen LogP contribution is 2.46. The second-order valence-corrected chi connectivity index (χ2v) is 12.6. The molecule has 0 atom stereocenters. The molecule has 0 heteroatoms. The van der Waals surface area contributed by atoms with E-state index in [2.05, 4.69) is 196 Å². The fourth-order valence-electron chi connectivity index (χ4n) is 7.16. The molecule has 8 rings (SSSR count). The van der Waals surface area contributed by atoms with Crippen LogP contribution in [0.15, 0.2) is 208 Å². The molecule has 0 amide bonds. The van der Waals surface area contributed by atoms with E-state index < -0.39 is 0 Å². The van der Waals surface area contributed by atoms with Gasteiger partial charge >= 0.3 is 0 Å². The monoisotopic (exact) mass is 664 g/mol. The lowest BCUT2D eigenvalue weighted by atomic mass is 9.81. The van der Waals surface area contributed by atoms with Gasteiger partial charge in [0.05, 0.1) is 0 Å². The number of benzene rings is 8. The van der Waals surface area contributed by atoms with Crippen LogP contribution in [0.5, 0.6) is 0 Å². The summed E-state index contributed by atoms with van der Waals surface area (Å²) >= 11 is 0. The smallest absolute Gasteiger partial charge is 0.00261 e. The summed E-state index contributed by atoms with van der Waals surface area (Å²) in [6, 6.07) is 61.1. The molecule has 0 spiro atoms. The van der Waals surface area contributed by atoms with Crippen LogP contribution in [0.3, 0.4) is 0 Å². The van der Waals surface area contributed by atoms with Crippen LogP contribution < -0.4 is 0 Å². The summed E-state index contributed by atoms with van der Waals surface area (Å²) in [5.41, 5.74) is 14.0. The van der Waals surface area contributed by atoms with Crippen LogP contribution in [-0.2, 0) is 0 Å². The third-order valence-electron chi connectivity index (χ3n) is 9.59. The van der Waals surface area contributed by atoms with Gasteiger partial charge in [0.1, 0.15) is 0 Å². The molecule has 0 bridgehead atoms. The van der Waals surface area contributed by atoms with Gasteiger partial charge in [-0.25, -0.2) is 0 Å². The van der Waals surface area contributed by atoms with Crippen LogP contribution in [0, 0.1) is 0 Å².